The monoisotopic (exact) mass is 355 g/mol. The zero-order valence-electron chi connectivity index (χ0n) is 16.0. The van der Waals surface area contributed by atoms with E-state index in [0.717, 1.165) is 56.7 Å². The topological polar surface area (TPSA) is 62.3 Å². The number of aryl methyl sites for hydroxylation is 1. The summed E-state index contributed by atoms with van der Waals surface area (Å²) in [7, 11) is 0. The van der Waals surface area contributed by atoms with Crippen LogP contribution in [0.3, 0.4) is 0 Å². The van der Waals surface area contributed by atoms with Crippen LogP contribution in [0.2, 0.25) is 0 Å². The average molecular weight is 355 g/mol. The Labute approximate surface area is 156 Å². The van der Waals surface area contributed by atoms with Gasteiger partial charge in [-0.3, -0.25) is 4.90 Å². The van der Waals surface area contributed by atoms with Gasteiger partial charge in [-0.2, -0.15) is 0 Å². The number of aromatic nitrogens is 2. The van der Waals surface area contributed by atoms with Crippen molar-refractivity contribution in [2.24, 2.45) is 0 Å². The van der Waals surface area contributed by atoms with Crippen LogP contribution < -0.4 is 10.6 Å². The highest BCUT2D eigenvalue weighted by atomic mass is 16.5. The van der Waals surface area contributed by atoms with Crippen molar-refractivity contribution >= 4 is 17.3 Å². The quantitative estimate of drug-likeness (QED) is 0.794. The van der Waals surface area contributed by atoms with Crippen molar-refractivity contribution in [2.45, 2.75) is 26.7 Å². The third kappa shape index (κ3) is 4.93. The van der Waals surface area contributed by atoms with Gasteiger partial charge in [-0.05, 0) is 24.0 Å². The Morgan fingerprint density at radius 3 is 2.69 bits per heavy atom. The molecule has 1 saturated heterocycles. The Hall–Kier alpha value is -2.18. The largest absolute Gasteiger partial charge is 0.379 e. The van der Waals surface area contributed by atoms with Crippen molar-refractivity contribution < 1.29 is 4.74 Å². The Morgan fingerprint density at radius 2 is 1.92 bits per heavy atom. The van der Waals surface area contributed by atoms with Crippen LogP contribution in [0.1, 0.15) is 30.9 Å². The SMILES string of the molecule is Cc1cccc(C(C)C)c1Nc1cc(NCCN2CCOCC2)ncn1. The van der Waals surface area contributed by atoms with Crippen LogP contribution in [-0.2, 0) is 4.74 Å². The minimum absolute atomic E-state index is 0.449. The highest BCUT2D eigenvalue weighted by molar-refractivity contribution is 5.66. The number of anilines is 3. The number of benzene rings is 1. The predicted molar refractivity (Wildman–Crippen MR) is 106 cm³/mol. The molecule has 0 aliphatic carbocycles. The maximum atomic E-state index is 5.38. The zero-order chi connectivity index (χ0) is 18.4. The maximum absolute atomic E-state index is 5.38. The first-order valence-corrected chi connectivity index (χ1v) is 9.36. The first kappa shape index (κ1) is 18.6. The molecule has 6 heteroatoms. The van der Waals surface area contributed by atoms with Crippen molar-refractivity contribution in [3.8, 4) is 0 Å². The molecule has 0 spiro atoms. The molecular weight excluding hydrogens is 326 g/mol. The molecule has 6 nitrogen and oxygen atoms in total. The van der Waals surface area contributed by atoms with E-state index in [1.807, 2.05) is 6.07 Å². The number of nitrogens with zero attached hydrogens (tertiary/aromatic N) is 3. The van der Waals surface area contributed by atoms with Crippen molar-refractivity contribution in [3.05, 3.63) is 41.7 Å². The van der Waals surface area contributed by atoms with Crippen LogP contribution in [0.25, 0.3) is 0 Å². The van der Waals surface area contributed by atoms with Gasteiger partial charge in [0.05, 0.1) is 13.2 Å². The van der Waals surface area contributed by atoms with Crippen molar-refractivity contribution in [3.63, 3.8) is 0 Å². The lowest BCUT2D eigenvalue weighted by molar-refractivity contribution is 0.0398. The molecule has 0 atom stereocenters. The normalized spacial score (nSPS) is 15.2. The molecule has 0 unspecified atom stereocenters. The number of para-hydroxylation sites is 1. The van der Waals surface area contributed by atoms with E-state index in [1.54, 1.807) is 6.33 Å². The molecule has 1 aromatic heterocycles. The third-order valence-corrected chi connectivity index (χ3v) is 4.69. The van der Waals surface area contributed by atoms with Gasteiger partial charge in [0.25, 0.3) is 0 Å². The van der Waals surface area contributed by atoms with Gasteiger partial charge < -0.3 is 15.4 Å². The van der Waals surface area contributed by atoms with E-state index in [0.29, 0.717) is 5.92 Å². The maximum Gasteiger partial charge on any atom is 0.135 e. The van der Waals surface area contributed by atoms with Gasteiger partial charge in [0.15, 0.2) is 0 Å². The Bertz CT molecular complexity index is 713. The molecule has 0 bridgehead atoms. The van der Waals surface area contributed by atoms with E-state index in [-0.39, 0.29) is 0 Å². The van der Waals surface area contributed by atoms with Crippen LogP contribution in [-0.4, -0.2) is 54.3 Å². The standard InChI is InChI=1S/C20H29N5O/c1-15(2)17-6-4-5-16(3)20(17)24-19-13-18(22-14-23-19)21-7-8-25-9-11-26-12-10-25/h4-6,13-15H,7-12H2,1-3H3,(H2,21,22,23,24). The molecule has 3 rings (SSSR count). The summed E-state index contributed by atoms with van der Waals surface area (Å²) in [6, 6.07) is 8.36. The second-order valence-electron chi connectivity index (χ2n) is 6.99. The molecule has 1 aliphatic heterocycles. The van der Waals surface area contributed by atoms with E-state index >= 15 is 0 Å². The first-order chi connectivity index (χ1) is 12.6. The Balaban J connectivity index is 1.62. The van der Waals surface area contributed by atoms with Gasteiger partial charge in [0.1, 0.15) is 18.0 Å². The lowest BCUT2D eigenvalue weighted by Gasteiger charge is -2.26. The van der Waals surface area contributed by atoms with Gasteiger partial charge in [0.2, 0.25) is 0 Å². The highest BCUT2D eigenvalue weighted by Crippen LogP contribution is 2.29. The molecule has 1 aromatic carbocycles. The Kier molecular flexibility index (Phi) is 6.41. The fourth-order valence-electron chi connectivity index (χ4n) is 3.16. The van der Waals surface area contributed by atoms with Crippen molar-refractivity contribution in [1.29, 1.82) is 0 Å². The Morgan fingerprint density at radius 1 is 1.15 bits per heavy atom. The number of hydrogen-bond donors (Lipinski definition) is 2. The van der Waals surface area contributed by atoms with Crippen LogP contribution in [0.4, 0.5) is 17.3 Å². The fourth-order valence-corrected chi connectivity index (χ4v) is 3.16. The van der Waals surface area contributed by atoms with Crippen molar-refractivity contribution in [2.75, 3.05) is 50.0 Å². The number of morpholine rings is 1. The van der Waals surface area contributed by atoms with Gasteiger partial charge in [-0.15, -0.1) is 0 Å². The summed E-state index contributed by atoms with van der Waals surface area (Å²) >= 11 is 0. The first-order valence-electron chi connectivity index (χ1n) is 9.36. The van der Waals surface area contributed by atoms with E-state index in [9.17, 15) is 0 Å². The number of ether oxygens (including phenoxy) is 1. The van der Waals surface area contributed by atoms with Gasteiger partial charge >= 0.3 is 0 Å². The minimum atomic E-state index is 0.449. The second kappa shape index (κ2) is 8.96. The van der Waals surface area contributed by atoms with E-state index in [1.165, 1.54) is 11.1 Å². The molecular formula is C20H29N5O. The molecule has 26 heavy (non-hydrogen) atoms. The summed E-state index contributed by atoms with van der Waals surface area (Å²) in [4.78, 5) is 11.1. The summed E-state index contributed by atoms with van der Waals surface area (Å²) < 4.78 is 5.38. The van der Waals surface area contributed by atoms with Crippen LogP contribution >= 0.6 is 0 Å². The highest BCUT2D eigenvalue weighted by Gasteiger charge is 2.11. The third-order valence-electron chi connectivity index (χ3n) is 4.69. The molecule has 0 amide bonds. The van der Waals surface area contributed by atoms with E-state index in [2.05, 4.69) is 64.5 Å². The smallest absolute Gasteiger partial charge is 0.135 e. The molecule has 2 N–H and O–H groups in total. The summed E-state index contributed by atoms with van der Waals surface area (Å²) in [5.41, 5.74) is 3.66. The predicted octanol–water partition coefficient (Wildman–Crippen LogP) is 3.40. The van der Waals surface area contributed by atoms with Gasteiger partial charge in [0, 0.05) is 37.9 Å². The average Bonchev–Trinajstić information content (AvgIpc) is 2.64. The van der Waals surface area contributed by atoms with E-state index < -0.39 is 0 Å². The van der Waals surface area contributed by atoms with Crippen LogP contribution in [0.5, 0.6) is 0 Å². The van der Waals surface area contributed by atoms with Crippen LogP contribution in [0, 0.1) is 6.92 Å². The lowest BCUT2D eigenvalue weighted by Crippen LogP contribution is -2.39. The van der Waals surface area contributed by atoms with Crippen molar-refractivity contribution in [1.82, 2.24) is 14.9 Å². The number of rotatable bonds is 7. The van der Waals surface area contributed by atoms with E-state index in [4.69, 9.17) is 4.74 Å². The molecule has 1 aliphatic rings. The molecule has 140 valence electrons. The summed E-state index contributed by atoms with van der Waals surface area (Å²) in [6.07, 6.45) is 1.60. The summed E-state index contributed by atoms with van der Waals surface area (Å²) in [5.74, 6) is 2.10. The minimum Gasteiger partial charge on any atom is -0.379 e. The van der Waals surface area contributed by atoms with Gasteiger partial charge in [-0.25, -0.2) is 9.97 Å². The lowest BCUT2D eigenvalue weighted by atomic mass is 9.98. The fraction of sp³-hybridized carbons (Fsp3) is 0.500. The summed E-state index contributed by atoms with van der Waals surface area (Å²) in [6.45, 7) is 12.1. The molecule has 1 fully saturated rings. The summed E-state index contributed by atoms with van der Waals surface area (Å²) in [5, 5.41) is 6.88. The second-order valence-corrected chi connectivity index (χ2v) is 6.99. The molecule has 0 radical (unpaired) electrons. The molecule has 2 aromatic rings. The zero-order valence-corrected chi connectivity index (χ0v) is 16.0. The van der Waals surface area contributed by atoms with Crippen LogP contribution in [0.15, 0.2) is 30.6 Å². The molecule has 0 saturated carbocycles. The van der Waals surface area contributed by atoms with Gasteiger partial charge in [-0.1, -0.05) is 32.0 Å². The molecule has 2 heterocycles. The number of hydrogen-bond acceptors (Lipinski definition) is 6. The number of nitrogens with one attached hydrogen (secondary N) is 2.